The number of carbonyl (C=O) groups excluding carboxylic acids is 1. The molecule has 5 nitrogen and oxygen atoms in total. The smallest absolute Gasteiger partial charge is 0.305 e. The summed E-state index contributed by atoms with van der Waals surface area (Å²) >= 11 is 0. The third kappa shape index (κ3) is 3.76. The van der Waals surface area contributed by atoms with E-state index >= 15 is 0 Å². The van der Waals surface area contributed by atoms with Gasteiger partial charge in [-0.1, -0.05) is 18.2 Å². The Labute approximate surface area is 106 Å². The van der Waals surface area contributed by atoms with Crippen molar-refractivity contribution in [1.82, 2.24) is 5.32 Å². The van der Waals surface area contributed by atoms with E-state index in [0.29, 0.717) is 6.54 Å². The first kappa shape index (κ1) is 14.0. The number of hydrogen-bond donors (Lipinski definition) is 2. The molecule has 0 saturated carbocycles. The van der Waals surface area contributed by atoms with Crippen LogP contribution in [0.5, 0.6) is 0 Å². The Bertz CT molecular complexity index is 406. The topological polar surface area (TPSA) is 69.6 Å². The van der Waals surface area contributed by atoms with Crippen LogP contribution in [0.4, 0.5) is 5.69 Å². The maximum Gasteiger partial charge on any atom is 0.305 e. The Hall–Kier alpha value is -2.04. The molecule has 0 aliphatic rings. The molecular formula is C13H18N2O3. The number of hydrogen-bond acceptors (Lipinski definition) is 3. The zero-order chi connectivity index (χ0) is 13.5. The Kier molecular flexibility index (Phi) is 5.17. The highest BCUT2D eigenvalue weighted by atomic mass is 16.4. The third-order valence-electron chi connectivity index (χ3n) is 2.75. The second-order valence-corrected chi connectivity index (χ2v) is 3.96. The van der Waals surface area contributed by atoms with Crippen LogP contribution in [0.2, 0.25) is 0 Å². The molecule has 5 heteroatoms. The summed E-state index contributed by atoms with van der Waals surface area (Å²) in [5.74, 6) is -1.01. The first-order valence-electron chi connectivity index (χ1n) is 5.81. The monoisotopic (exact) mass is 250 g/mol. The van der Waals surface area contributed by atoms with Crippen LogP contribution in [-0.2, 0) is 9.59 Å². The summed E-state index contributed by atoms with van der Waals surface area (Å²) < 4.78 is 0. The van der Waals surface area contributed by atoms with E-state index in [0.717, 1.165) is 5.69 Å². The predicted molar refractivity (Wildman–Crippen MR) is 69.6 cm³/mol. The number of carboxylic acids is 1. The molecule has 1 aromatic rings. The fourth-order valence-electron chi connectivity index (χ4n) is 1.73. The fourth-order valence-corrected chi connectivity index (χ4v) is 1.73. The van der Waals surface area contributed by atoms with Crippen molar-refractivity contribution in [3.8, 4) is 0 Å². The van der Waals surface area contributed by atoms with Gasteiger partial charge >= 0.3 is 5.97 Å². The molecule has 0 bridgehead atoms. The number of nitrogens with zero attached hydrogens (tertiary/aromatic N) is 1. The summed E-state index contributed by atoms with van der Waals surface area (Å²) in [5.41, 5.74) is 0.842. The molecule has 98 valence electrons. The molecule has 2 N–H and O–H groups in total. The average Bonchev–Trinajstić information content (AvgIpc) is 2.38. The van der Waals surface area contributed by atoms with Crippen LogP contribution in [0.25, 0.3) is 0 Å². The van der Waals surface area contributed by atoms with E-state index in [1.165, 1.54) is 0 Å². The van der Waals surface area contributed by atoms with Gasteiger partial charge in [-0.05, 0) is 19.1 Å². The van der Waals surface area contributed by atoms with Crippen molar-refractivity contribution < 1.29 is 14.7 Å². The van der Waals surface area contributed by atoms with E-state index in [2.05, 4.69) is 5.32 Å². The van der Waals surface area contributed by atoms with Crippen LogP contribution < -0.4 is 10.2 Å². The number of benzene rings is 1. The van der Waals surface area contributed by atoms with Crippen LogP contribution >= 0.6 is 0 Å². The molecule has 0 heterocycles. The molecule has 0 spiro atoms. The van der Waals surface area contributed by atoms with Crippen molar-refractivity contribution in [3.05, 3.63) is 30.3 Å². The van der Waals surface area contributed by atoms with Gasteiger partial charge in [-0.3, -0.25) is 9.59 Å². The number of carboxylic acid groups (broad SMARTS) is 1. The van der Waals surface area contributed by atoms with Gasteiger partial charge in [0.15, 0.2) is 0 Å². The van der Waals surface area contributed by atoms with Gasteiger partial charge in [0.2, 0.25) is 5.91 Å². The van der Waals surface area contributed by atoms with E-state index in [9.17, 15) is 9.59 Å². The Morgan fingerprint density at radius 2 is 1.94 bits per heavy atom. The Morgan fingerprint density at radius 3 is 2.44 bits per heavy atom. The molecule has 0 fully saturated rings. The normalized spacial score (nSPS) is 11.7. The highest BCUT2D eigenvalue weighted by molar-refractivity contribution is 5.84. The Morgan fingerprint density at radius 1 is 1.33 bits per heavy atom. The lowest BCUT2D eigenvalue weighted by Crippen LogP contribution is -2.45. The van der Waals surface area contributed by atoms with Crippen LogP contribution in [0.3, 0.4) is 0 Å². The van der Waals surface area contributed by atoms with E-state index < -0.39 is 12.0 Å². The average molecular weight is 250 g/mol. The predicted octanol–water partition coefficient (Wildman–Crippen LogP) is 1.10. The minimum atomic E-state index is -0.875. The molecule has 1 atom stereocenters. The molecule has 0 radical (unpaired) electrons. The lowest BCUT2D eigenvalue weighted by atomic mass is 10.2. The van der Waals surface area contributed by atoms with Gasteiger partial charge in [0.1, 0.15) is 6.04 Å². The first-order chi connectivity index (χ1) is 8.56. The summed E-state index contributed by atoms with van der Waals surface area (Å²) in [7, 11) is 1.57. The minimum absolute atomic E-state index is 0.00374. The molecule has 1 amide bonds. The lowest BCUT2D eigenvalue weighted by Gasteiger charge is -2.29. The molecular weight excluding hydrogens is 232 g/mol. The number of aliphatic carboxylic acids is 1. The molecule has 0 saturated heterocycles. The highest BCUT2D eigenvalue weighted by Gasteiger charge is 2.21. The maximum atomic E-state index is 11.7. The van der Waals surface area contributed by atoms with Crippen molar-refractivity contribution in [3.63, 3.8) is 0 Å². The number of anilines is 1. The van der Waals surface area contributed by atoms with Crippen molar-refractivity contribution >= 4 is 17.6 Å². The zero-order valence-corrected chi connectivity index (χ0v) is 10.6. The molecule has 0 aliphatic carbocycles. The number of amides is 1. The SMILES string of the molecule is CNC(=O)C(C)N(CCC(=O)O)c1ccccc1. The van der Waals surface area contributed by atoms with Crippen LogP contribution in [0.15, 0.2) is 30.3 Å². The van der Waals surface area contributed by atoms with Crippen molar-refractivity contribution in [2.24, 2.45) is 0 Å². The van der Waals surface area contributed by atoms with Gasteiger partial charge in [0, 0.05) is 19.3 Å². The maximum absolute atomic E-state index is 11.7. The van der Waals surface area contributed by atoms with Crippen LogP contribution in [-0.4, -0.2) is 36.6 Å². The van der Waals surface area contributed by atoms with Gasteiger partial charge in [-0.15, -0.1) is 0 Å². The van der Waals surface area contributed by atoms with E-state index in [1.54, 1.807) is 18.9 Å². The largest absolute Gasteiger partial charge is 0.481 e. The molecule has 1 unspecified atom stereocenters. The molecule has 1 rings (SSSR count). The Balaban J connectivity index is 2.88. The molecule has 0 aliphatic heterocycles. The minimum Gasteiger partial charge on any atom is -0.481 e. The number of likely N-dealkylation sites (N-methyl/N-ethyl adjacent to an activating group) is 1. The molecule has 18 heavy (non-hydrogen) atoms. The van der Waals surface area contributed by atoms with E-state index in [4.69, 9.17) is 5.11 Å². The number of carbonyl (C=O) groups is 2. The van der Waals surface area contributed by atoms with E-state index in [-0.39, 0.29) is 12.3 Å². The van der Waals surface area contributed by atoms with Gasteiger partial charge in [-0.25, -0.2) is 0 Å². The summed E-state index contributed by atoms with van der Waals surface area (Å²) in [4.78, 5) is 24.1. The summed E-state index contributed by atoms with van der Waals surface area (Å²) in [6, 6.07) is 8.92. The van der Waals surface area contributed by atoms with Crippen molar-refractivity contribution in [1.29, 1.82) is 0 Å². The quantitative estimate of drug-likeness (QED) is 0.793. The van der Waals surface area contributed by atoms with Gasteiger partial charge in [0.05, 0.1) is 6.42 Å². The van der Waals surface area contributed by atoms with E-state index in [1.807, 2.05) is 30.3 Å². The van der Waals surface area contributed by atoms with Crippen LogP contribution in [0, 0.1) is 0 Å². The molecule has 1 aromatic carbocycles. The fraction of sp³-hybridized carbons (Fsp3) is 0.385. The van der Waals surface area contributed by atoms with Crippen molar-refractivity contribution in [2.45, 2.75) is 19.4 Å². The summed E-state index contributed by atoms with van der Waals surface area (Å²) in [6.45, 7) is 2.06. The number of nitrogens with one attached hydrogen (secondary N) is 1. The van der Waals surface area contributed by atoms with Gasteiger partial charge < -0.3 is 15.3 Å². The third-order valence-corrected chi connectivity index (χ3v) is 2.75. The summed E-state index contributed by atoms with van der Waals surface area (Å²) in [6.07, 6.45) is -0.00374. The number of rotatable bonds is 6. The summed E-state index contributed by atoms with van der Waals surface area (Å²) in [5, 5.41) is 11.3. The highest BCUT2D eigenvalue weighted by Crippen LogP contribution is 2.17. The molecule has 0 aromatic heterocycles. The lowest BCUT2D eigenvalue weighted by molar-refractivity contribution is -0.137. The van der Waals surface area contributed by atoms with Gasteiger partial charge in [0.25, 0.3) is 0 Å². The van der Waals surface area contributed by atoms with Crippen LogP contribution in [0.1, 0.15) is 13.3 Å². The standard InChI is InChI=1S/C13H18N2O3/c1-10(13(18)14-2)15(9-8-12(16)17)11-6-4-3-5-7-11/h3-7,10H,8-9H2,1-2H3,(H,14,18)(H,16,17). The van der Waals surface area contributed by atoms with Gasteiger partial charge in [-0.2, -0.15) is 0 Å². The zero-order valence-electron chi connectivity index (χ0n) is 10.6. The first-order valence-corrected chi connectivity index (χ1v) is 5.81. The van der Waals surface area contributed by atoms with Crippen molar-refractivity contribution in [2.75, 3.05) is 18.5 Å². The second kappa shape index (κ2) is 6.64. The number of para-hydroxylation sites is 1. The second-order valence-electron chi connectivity index (χ2n) is 3.96.